The van der Waals surface area contributed by atoms with E-state index in [2.05, 4.69) is 52.6 Å². The molecule has 3 rings (SSSR count). The van der Waals surface area contributed by atoms with Gasteiger partial charge in [0.1, 0.15) is 0 Å². The van der Waals surface area contributed by atoms with Crippen LogP contribution in [0.1, 0.15) is 63.8 Å². The first kappa shape index (κ1) is 21.6. The summed E-state index contributed by atoms with van der Waals surface area (Å²) in [6, 6.07) is 11.4. The maximum Gasteiger partial charge on any atom is 0.363 e. The Bertz CT molecular complexity index is 1010. The van der Waals surface area contributed by atoms with Crippen LogP contribution in [0.25, 0.3) is 6.08 Å². The lowest BCUT2D eigenvalue weighted by Crippen LogP contribution is -2.18. The molecule has 0 spiro atoms. The van der Waals surface area contributed by atoms with Crippen LogP contribution >= 0.6 is 23.2 Å². The number of ether oxygens (including phenoxy) is 1. The number of hydrogen-bond acceptors (Lipinski definition) is 3. The van der Waals surface area contributed by atoms with Crippen LogP contribution in [-0.4, -0.2) is 11.9 Å². The fraction of sp³-hybridized carbons (Fsp3) is 0.333. The lowest BCUT2D eigenvalue weighted by Gasteiger charge is -2.26. The van der Waals surface area contributed by atoms with Crippen LogP contribution in [0.5, 0.6) is 0 Å². The molecule has 0 atom stereocenters. The second kappa shape index (κ2) is 7.62. The van der Waals surface area contributed by atoms with Crippen LogP contribution in [0, 0.1) is 0 Å². The number of nitrogens with zero attached hydrogens (tertiary/aromatic N) is 1. The van der Waals surface area contributed by atoms with E-state index in [0.717, 1.165) is 16.7 Å². The highest BCUT2D eigenvalue weighted by Gasteiger charge is 2.27. The van der Waals surface area contributed by atoms with Gasteiger partial charge in [0.25, 0.3) is 0 Å². The van der Waals surface area contributed by atoms with Gasteiger partial charge in [0.15, 0.2) is 5.70 Å². The molecule has 1 aliphatic rings. The predicted octanol–water partition coefficient (Wildman–Crippen LogP) is 6.93. The monoisotopic (exact) mass is 429 g/mol. The van der Waals surface area contributed by atoms with Gasteiger partial charge in [-0.3, -0.25) is 0 Å². The van der Waals surface area contributed by atoms with Gasteiger partial charge in [-0.05, 0) is 57.9 Å². The van der Waals surface area contributed by atoms with E-state index in [9.17, 15) is 4.79 Å². The molecule has 0 aromatic heterocycles. The van der Waals surface area contributed by atoms with Crippen molar-refractivity contribution < 1.29 is 9.53 Å². The summed E-state index contributed by atoms with van der Waals surface area (Å²) < 4.78 is 5.50. The molecule has 0 bridgehead atoms. The van der Waals surface area contributed by atoms with Crippen molar-refractivity contribution in [1.82, 2.24) is 0 Å². The zero-order valence-corrected chi connectivity index (χ0v) is 19.1. The summed E-state index contributed by atoms with van der Waals surface area (Å²) in [5, 5.41) is 0.982. The number of esters is 1. The SMILES string of the molecule is CC(C)(C)c1cc(C2=N/C(=C\c3ccc(Cl)cc3Cl)C(=O)O2)cc(C(C)(C)C)c1. The third-order valence-corrected chi connectivity index (χ3v) is 5.35. The average Bonchev–Trinajstić information content (AvgIpc) is 2.96. The van der Waals surface area contributed by atoms with Crippen LogP contribution in [0.2, 0.25) is 10.0 Å². The molecule has 0 unspecified atom stereocenters. The first-order valence-corrected chi connectivity index (χ1v) is 10.2. The maximum absolute atomic E-state index is 12.4. The summed E-state index contributed by atoms with van der Waals surface area (Å²) in [6.45, 7) is 13.0. The predicted molar refractivity (Wildman–Crippen MR) is 121 cm³/mol. The van der Waals surface area contributed by atoms with E-state index < -0.39 is 5.97 Å². The van der Waals surface area contributed by atoms with E-state index in [0.29, 0.717) is 21.5 Å². The molecule has 0 aliphatic carbocycles. The molecule has 0 fully saturated rings. The molecule has 2 aromatic carbocycles. The fourth-order valence-electron chi connectivity index (χ4n) is 2.92. The third kappa shape index (κ3) is 4.91. The maximum atomic E-state index is 12.4. The average molecular weight is 430 g/mol. The molecule has 0 radical (unpaired) electrons. The van der Waals surface area contributed by atoms with Gasteiger partial charge in [-0.1, -0.05) is 76.9 Å². The second-order valence-corrected chi connectivity index (χ2v) is 10.1. The number of carbonyl (C=O) groups excluding carboxylic acids is 1. The Morgan fingerprint density at radius 3 is 2.00 bits per heavy atom. The third-order valence-electron chi connectivity index (χ3n) is 4.79. The van der Waals surface area contributed by atoms with Gasteiger partial charge < -0.3 is 4.74 Å². The molecular weight excluding hydrogens is 405 g/mol. The molecular formula is C24H25Cl2NO2. The Balaban J connectivity index is 2.08. The number of benzene rings is 2. The zero-order chi connectivity index (χ0) is 21.6. The molecule has 2 aromatic rings. The number of hydrogen-bond donors (Lipinski definition) is 0. The van der Waals surface area contributed by atoms with Crippen molar-refractivity contribution in [2.75, 3.05) is 0 Å². The van der Waals surface area contributed by atoms with E-state index >= 15 is 0 Å². The van der Waals surface area contributed by atoms with Gasteiger partial charge in [0.2, 0.25) is 5.90 Å². The van der Waals surface area contributed by atoms with Gasteiger partial charge in [-0.15, -0.1) is 0 Å². The molecule has 0 saturated carbocycles. The molecule has 0 amide bonds. The normalized spacial score (nSPS) is 16.2. The summed E-state index contributed by atoms with van der Waals surface area (Å²) in [6.07, 6.45) is 1.62. The van der Waals surface area contributed by atoms with E-state index in [1.807, 2.05) is 12.1 Å². The fourth-order valence-corrected chi connectivity index (χ4v) is 3.38. The van der Waals surface area contributed by atoms with Crippen LogP contribution in [0.4, 0.5) is 0 Å². The standard InChI is InChI=1S/C24H25Cl2NO2/c1-23(2,3)16-9-15(10-17(12-16)24(4,5)6)21-27-20(22(28)29-21)11-14-7-8-18(25)13-19(14)26/h7-13H,1-6H3/b20-11-. The van der Waals surface area contributed by atoms with Gasteiger partial charge >= 0.3 is 5.97 Å². The van der Waals surface area contributed by atoms with E-state index in [-0.39, 0.29) is 16.5 Å². The second-order valence-electron chi connectivity index (χ2n) is 9.30. The number of cyclic esters (lactones) is 1. The number of aliphatic imine (C=N–C) groups is 1. The minimum atomic E-state index is -0.496. The Kier molecular flexibility index (Phi) is 5.68. The Labute approximate surface area is 182 Å². The highest BCUT2D eigenvalue weighted by atomic mass is 35.5. The van der Waals surface area contributed by atoms with Crippen molar-refractivity contribution >= 4 is 41.1 Å². The molecule has 0 saturated heterocycles. The van der Waals surface area contributed by atoms with Gasteiger partial charge in [0, 0.05) is 15.6 Å². The van der Waals surface area contributed by atoms with Crippen LogP contribution in [0.15, 0.2) is 47.1 Å². The lowest BCUT2D eigenvalue weighted by molar-refractivity contribution is -0.129. The zero-order valence-electron chi connectivity index (χ0n) is 17.6. The van der Waals surface area contributed by atoms with Crippen LogP contribution in [0.3, 0.4) is 0 Å². The summed E-state index contributed by atoms with van der Waals surface area (Å²) >= 11 is 12.2. The smallest absolute Gasteiger partial charge is 0.363 e. The molecule has 1 aliphatic heterocycles. The van der Waals surface area contributed by atoms with Crippen molar-refractivity contribution in [1.29, 1.82) is 0 Å². The molecule has 5 heteroatoms. The first-order chi connectivity index (χ1) is 13.3. The molecule has 0 N–H and O–H groups in total. The largest absolute Gasteiger partial charge is 0.402 e. The Hall–Kier alpha value is -2.10. The summed E-state index contributed by atoms with van der Waals surface area (Å²) in [5.41, 5.74) is 3.90. The number of rotatable bonds is 2. The highest BCUT2D eigenvalue weighted by molar-refractivity contribution is 6.35. The Morgan fingerprint density at radius 1 is 0.897 bits per heavy atom. The van der Waals surface area contributed by atoms with Gasteiger partial charge in [0.05, 0.1) is 0 Å². The number of halogens is 2. The summed E-state index contributed by atoms with van der Waals surface area (Å²) in [4.78, 5) is 16.9. The van der Waals surface area contributed by atoms with Crippen molar-refractivity contribution in [3.8, 4) is 0 Å². The molecule has 152 valence electrons. The van der Waals surface area contributed by atoms with E-state index in [1.165, 1.54) is 0 Å². The van der Waals surface area contributed by atoms with Gasteiger partial charge in [-0.2, -0.15) is 0 Å². The van der Waals surface area contributed by atoms with Crippen molar-refractivity contribution in [2.45, 2.75) is 52.4 Å². The number of carbonyl (C=O) groups is 1. The van der Waals surface area contributed by atoms with Crippen LogP contribution < -0.4 is 0 Å². The summed E-state index contributed by atoms with van der Waals surface area (Å²) in [7, 11) is 0. The quantitative estimate of drug-likeness (QED) is 0.383. The highest BCUT2D eigenvalue weighted by Crippen LogP contribution is 2.32. The minimum Gasteiger partial charge on any atom is -0.402 e. The van der Waals surface area contributed by atoms with E-state index in [1.54, 1.807) is 24.3 Å². The van der Waals surface area contributed by atoms with Crippen molar-refractivity contribution in [2.24, 2.45) is 4.99 Å². The lowest BCUT2D eigenvalue weighted by atomic mass is 9.79. The summed E-state index contributed by atoms with van der Waals surface area (Å²) in [5.74, 6) is -0.188. The van der Waals surface area contributed by atoms with Crippen LogP contribution in [-0.2, 0) is 20.4 Å². The molecule has 29 heavy (non-hydrogen) atoms. The van der Waals surface area contributed by atoms with E-state index in [4.69, 9.17) is 27.9 Å². The minimum absolute atomic E-state index is 0.0469. The molecule has 1 heterocycles. The Morgan fingerprint density at radius 2 is 1.48 bits per heavy atom. The molecule has 3 nitrogen and oxygen atoms in total. The van der Waals surface area contributed by atoms with Gasteiger partial charge in [-0.25, -0.2) is 9.79 Å². The first-order valence-electron chi connectivity index (χ1n) is 9.48. The van der Waals surface area contributed by atoms with Crippen molar-refractivity contribution in [3.05, 3.63) is 74.4 Å². The van der Waals surface area contributed by atoms with Crippen molar-refractivity contribution in [3.63, 3.8) is 0 Å². The topological polar surface area (TPSA) is 38.7 Å².